The maximum atomic E-state index is 8.83. The number of aliphatic hydroxyl groups excluding tert-OH is 1. The standard InChI is InChI=1S/C12H19NO/c1-10(5-7-13)12-4-2-3-11(9-12)6-8-14/h2-4,9-10,14H,5-8,13H2,1H3. The second-order valence-corrected chi connectivity index (χ2v) is 3.70. The Morgan fingerprint density at radius 3 is 2.86 bits per heavy atom. The van der Waals surface area contributed by atoms with Crippen LogP contribution in [-0.4, -0.2) is 18.3 Å². The Morgan fingerprint density at radius 1 is 1.43 bits per heavy atom. The van der Waals surface area contributed by atoms with Gasteiger partial charge >= 0.3 is 0 Å². The van der Waals surface area contributed by atoms with Crippen LogP contribution in [0.1, 0.15) is 30.4 Å². The van der Waals surface area contributed by atoms with Crippen LogP contribution in [0, 0.1) is 0 Å². The van der Waals surface area contributed by atoms with Crippen molar-refractivity contribution >= 4 is 0 Å². The van der Waals surface area contributed by atoms with Gasteiger partial charge in [0.25, 0.3) is 0 Å². The Hall–Kier alpha value is -0.860. The van der Waals surface area contributed by atoms with Gasteiger partial charge in [0.1, 0.15) is 0 Å². The monoisotopic (exact) mass is 193 g/mol. The van der Waals surface area contributed by atoms with Crippen molar-refractivity contribution in [3.63, 3.8) is 0 Å². The minimum atomic E-state index is 0.217. The Kier molecular flexibility index (Phi) is 4.63. The molecule has 0 aliphatic rings. The zero-order chi connectivity index (χ0) is 10.4. The molecule has 14 heavy (non-hydrogen) atoms. The largest absolute Gasteiger partial charge is 0.396 e. The van der Waals surface area contributed by atoms with Crippen molar-refractivity contribution in [1.29, 1.82) is 0 Å². The lowest BCUT2D eigenvalue weighted by atomic mass is 9.95. The van der Waals surface area contributed by atoms with Crippen molar-refractivity contribution in [1.82, 2.24) is 0 Å². The number of benzene rings is 1. The minimum Gasteiger partial charge on any atom is -0.396 e. The van der Waals surface area contributed by atoms with Crippen LogP contribution in [0.2, 0.25) is 0 Å². The molecule has 1 atom stereocenters. The van der Waals surface area contributed by atoms with Crippen LogP contribution in [0.25, 0.3) is 0 Å². The topological polar surface area (TPSA) is 46.2 Å². The molecule has 0 bridgehead atoms. The second-order valence-electron chi connectivity index (χ2n) is 3.70. The Labute approximate surface area is 85.8 Å². The minimum absolute atomic E-state index is 0.217. The van der Waals surface area contributed by atoms with Crippen LogP contribution in [-0.2, 0) is 6.42 Å². The predicted molar refractivity (Wildman–Crippen MR) is 59.3 cm³/mol. The summed E-state index contributed by atoms with van der Waals surface area (Å²) in [7, 11) is 0. The van der Waals surface area contributed by atoms with E-state index in [1.807, 2.05) is 6.07 Å². The molecule has 1 rings (SSSR count). The first-order valence-corrected chi connectivity index (χ1v) is 5.17. The van der Waals surface area contributed by atoms with Gasteiger partial charge in [0, 0.05) is 6.61 Å². The van der Waals surface area contributed by atoms with Gasteiger partial charge in [-0.05, 0) is 36.4 Å². The van der Waals surface area contributed by atoms with Crippen molar-refractivity contribution in [2.45, 2.75) is 25.7 Å². The lowest BCUT2D eigenvalue weighted by Crippen LogP contribution is -2.05. The van der Waals surface area contributed by atoms with Crippen LogP contribution in [0.4, 0.5) is 0 Å². The van der Waals surface area contributed by atoms with E-state index in [2.05, 4.69) is 25.1 Å². The van der Waals surface area contributed by atoms with Gasteiger partial charge in [0.05, 0.1) is 0 Å². The molecule has 3 N–H and O–H groups in total. The first-order valence-electron chi connectivity index (χ1n) is 5.17. The Bertz CT molecular complexity index is 273. The van der Waals surface area contributed by atoms with E-state index in [9.17, 15) is 0 Å². The predicted octanol–water partition coefficient (Wildman–Crippen LogP) is 1.67. The molecule has 0 aliphatic heterocycles. The molecule has 1 aromatic carbocycles. The van der Waals surface area contributed by atoms with Crippen molar-refractivity contribution < 1.29 is 5.11 Å². The van der Waals surface area contributed by atoms with Gasteiger partial charge in [-0.15, -0.1) is 0 Å². The number of rotatable bonds is 5. The van der Waals surface area contributed by atoms with Crippen LogP contribution in [0.15, 0.2) is 24.3 Å². The first kappa shape index (κ1) is 11.2. The summed E-state index contributed by atoms with van der Waals surface area (Å²) in [4.78, 5) is 0. The lowest BCUT2D eigenvalue weighted by molar-refractivity contribution is 0.299. The zero-order valence-corrected chi connectivity index (χ0v) is 8.74. The van der Waals surface area contributed by atoms with E-state index < -0.39 is 0 Å². The van der Waals surface area contributed by atoms with E-state index in [1.54, 1.807) is 0 Å². The molecule has 0 saturated heterocycles. The van der Waals surface area contributed by atoms with Crippen LogP contribution >= 0.6 is 0 Å². The molecule has 1 unspecified atom stereocenters. The average molecular weight is 193 g/mol. The van der Waals surface area contributed by atoms with E-state index in [-0.39, 0.29) is 6.61 Å². The molecule has 0 amide bonds. The number of aliphatic hydroxyl groups is 1. The van der Waals surface area contributed by atoms with E-state index in [0.29, 0.717) is 5.92 Å². The number of nitrogens with two attached hydrogens (primary N) is 1. The molecule has 1 aromatic rings. The summed E-state index contributed by atoms with van der Waals surface area (Å²) >= 11 is 0. The van der Waals surface area contributed by atoms with Crippen molar-refractivity contribution in [2.75, 3.05) is 13.2 Å². The molecular formula is C12H19NO. The zero-order valence-electron chi connectivity index (χ0n) is 8.74. The molecule has 0 saturated carbocycles. The van der Waals surface area contributed by atoms with Gasteiger partial charge < -0.3 is 10.8 Å². The molecule has 0 radical (unpaired) electrons. The molecule has 2 heteroatoms. The third-order valence-corrected chi connectivity index (χ3v) is 2.52. The lowest BCUT2D eigenvalue weighted by Gasteiger charge is -2.11. The van der Waals surface area contributed by atoms with Gasteiger partial charge in [0.15, 0.2) is 0 Å². The molecule has 0 heterocycles. The fourth-order valence-electron chi connectivity index (χ4n) is 1.60. The van der Waals surface area contributed by atoms with Gasteiger partial charge in [0.2, 0.25) is 0 Å². The average Bonchev–Trinajstić information content (AvgIpc) is 2.19. The highest BCUT2D eigenvalue weighted by Crippen LogP contribution is 2.19. The van der Waals surface area contributed by atoms with E-state index >= 15 is 0 Å². The van der Waals surface area contributed by atoms with Crippen molar-refractivity contribution in [3.8, 4) is 0 Å². The smallest absolute Gasteiger partial charge is 0.0471 e. The summed E-state index contributed by atoms with van der Waals surface area (Å²) in [6.45, 7) is 3.13. The first-order chi connectivity index (χ1) is 6.77. The number of hydrogen-bond acceptors (Lipinski definition) is 2. The third kappa shape index (κ3) is 3.13. The van der Waals surface area contributed by atoms with Gasteiger partial charge in [-0.1, -0.05) is 31.2 Å². The normalized spacial score (nSPS) is 12.8. The van der Waals surface area contributed by atoms with Crippen LogP contribution in [0.3, 0.4) is 0 Å². The maximum absolute atomic E-state index is 8.83. The second kappa shape index (κ2) is 5.78. The summed E-state index contributed by atoms with van der Waals surface area (Å²) in [5.41, 5.74) is 8.05. The van der Waals surface area contributed by atoms with Crippen molar-refractivity contribution in [2.24, 2.45) is 5.73 Å². The van der Waals surface area contributed by atoms with Gasteiger partial charge in [-0.25, -0.2) is 0 Å². The number of hydrogen-bond donors (Lipinski definition) is 2. The highest BCUT2D eigenvalue weighted by atomic mass is 16.2. The fourth-order valence-corrected chi connectivity index (χ4v) is 1.60. The quantitative estimate of drug-likeness (QED) is 0.747. The molecule has 0 aliphatic carbocycles. The molecule has 78 valence electrons. The molecule has 0 aromatic heterocycles. The van der Waals surface area contributed by atoms with Crippen LogP contribution in [0.5, 0.6) is 0 Å². The Balaban J connectivity index is 2.71. The highest BCUT2D eigenvalue weighted by Gasteiger charge is 2.04. The van der Waals surface area contributed by atoms with Gasteiger partial charge in [-0.3, -0.25) is 0 Å². The third-order valence-electron chi connectivity index (χ3n) is 2.52. The molecule has 0 fully saturated rings. The van der Waals surface area contributed by atoms with E-state index in [0.717, 1.165) is 19.4 Å². The summed E-state index contributed by atoms with van der Waals surface area (Å²) in [5, 5.41) is 8.83. The van der Waals surface area contributed by atoms with E-state index in [1.165, 1.54) is 11.1 Å². The maximum Gasteiger partial charge on any atom is 0.0471 e. The van der Waals surface area contributed by atoms with Gasteiger partial charge in [-0.2, -0.15) is 0 Å². The molecule has 2 nitrogen and oxygen atoms in total. The summed E-state index contributed by atoms with van der Waals surface area (Å²) in [5.74, 6) is 0.513. The fraction of sp³-hybridized carbons (Fsp3) is 0.500. The Morgan fingerprint density at radius 2 is 2.21 bits per heavy atom. The highest BCUT2D eigenvalue weighted by molar-refractivity contribution is 5.26. The molecular weight excluding hydrogens is 174 g/mol. The summed E-state index contributed by atoms with van der Waals surface area (Å²) in [6, 6.07) is 8.39. The SMILES string of the molecule is CC(CCN)c1cccc(CCO)c1. The summed E-state index contributed by atoms with van der Waals surface area (Å²) < 4.78 is 0. The summed E-state index contributed by atoms with van der Waals surface area (Å²) in [6.07, 6.45) is 1.76. The molecule has 0 spiro atoms. The van der Waals surface area contributed by atoms with Crippen LogP contribution < -0.4 is 5.73 Å². The van der Waals surface area contributed by atoms with Crippen molar-refractivity contribution in [3.05, 3.63) is 35.4 Å². The van der Waals surface area contributed by atoms with E-state index in [4.69, 9.17) is 10.8 Å².